The Bertz CT molecular complexity index is 2750. The predicted molar refractivity (Wildman–Crippen MR) is 250 cm³/mol. The highest BCUT2D eigenvalue weighted by atomic mass is 31.2. The van der Waals surface area contributed by atoms with Crippen LogP contribution in [0.25, 0.3) is 0 Å². The summed E-state index contributed by atoms with van der Waals surface area (Å²) in [6.45, 7) is -2.88. The van der Waals surface area contributed by atoms with Gasteiger partial charge in [0.05, 0.1) is 72.1 Å². The molecule has 26 heteroatoms. The zero-order valence-corrected chi connectivity index (χ0v) is 42.5. The van der Waals surface area contributed by atoms with Crippen molar-refractivity contribution in [2.24, 2.45) is 5.73 Å². The van der Waals surface area contributed by atoms with Crippen LogP contribution in [0.2, 0.25) is 0 Å². The molecule has 11 rings (SSSR count). The molecule has 0 saturated heterocycles. The topological polar surface area (TPSA) is 250 Å². The molecule has 5 aromatic carbocycles. The SMILES string of the molecule is NC1[C@H](OP2(=O)OCc3ccccc3CO2)[C@H](OP2(=O)OCc3ccccc3CO2)C(OP2(=O)OCc3ccccc3CO2)[C@H](OP2(=O)OCc3ccccc3CO2)[C@H]1OP1(=O)OCc2ccccc2CO1. The number of fused-ring (bicyclic) bond motifs is 5. The fourth-order valence-corrected chi connectivity index (χ4v) is 15.4. The molecule has 0 radical (unpaired) electrons. The molecule has 0 amide bonds. The van der Waals surface area contributed by atoms with E-state index in [1.807, 2.05) is 0 Å². The third-order valence-electron chi connectivity index (χ3n) is 12.7. The Morgan fingerprint density at radius 3 is 0.583 bits per heavy atom. The Balaban J connectivity index is 1.03. The number of hydrogen-bond donors (Lipinski definition) is 1. The molecule has 6 aliphatic rings. The van der Waals surface area contributed by atoms with Crippen molar-refractivity contribution in [3.8, 4) is 0 Å². The molecule has 1 saturated carbocycles. The molecule has 6 atom stereocenters. The lowest BCUT2D eigenvalue weighted by Crippen LogP contribution is -2.68. The number of benzene rings is 5. The maximum atomic E-state index is 15.2. The van der Waals surface area contributed by atoms with Gasteiger partial charge in [-0.1, -0.05) is 121 Å². The van der Waals surface area contributed by atoms with Gasteiger partial charge in [0.1, 0.15) is 30.5 Å². The van der Waals surface area contributed by atoms with Crippen LogP contribution < -0.4 is 5.73 Å². The van der Waals surface area contributed by atoms with Crippen molar-refractivity contribution < 1.29 is 90.7 Å². The molecule has 2 N–H and O–H groups in total. The van der Waals surface area contributed by atoms with Crippen molar-refractivity contribution in [1.29, 1.82) is 0 Å². The zero-order chi connectivity index (χ0) is 49.6. The largest absolute Gasteiger partial charge is 0.475 e. The summed E-state index contributed by atoms with van der Waals surface area (Å²) in [5, 5.41) is 0. The van der Waals surface area contributed by atoms with Crippen molar-refractivity contribution in [1.82, 2.24) is 0 Å². The molecule has 5 aliphatic heterocycles. The van der Waals surface area contributed by atoms with Crippen molar-refractivity contribution in [3.63, 3.8) is 0 Å². The van der Waals surface area contributed by atoms with E-state index in [0.717, 1.165) is 0 Å². The van der Waals surface area contributed by atoms with Gasteiger partial charge in [-0.05, 0) is 55.6 Å². The van der Waals surface area contributed by atoms with E-state index in [1.165, 1.54) is 0 Å². The van der Waals surface area contributed by atoms with Gasteiger partial charge in [0.25, 0.3) is 0 Å². The summed E-state index contributed by atoms with van der Waals surface area (Å²) >= 11 is 0. The van der Waals surface area contributed by atoms with E-state index in [0.29, 0.717) is 55.6 Å². The van der Waals surface area contributed by atoms with E-state index in [2.05, 4.69) is 0 Å². The molecule has 382 valence electrons. The Morgan fingerprint density at radius 2 is 0.417 bits per heavy atom. The van der Waals surface area contributed by atoms with Gasteiger partial charge in [0, 0.05) is 0 Å². The Morgan fingerprint density at radius 1 is 0.278 bits per heavy atom. The zero-order valence-electron chi connectivity index (χ0n) is 38.1. The molecule has 72 heavy (non-hydrogen) atoms. The lowest BCUT2D eigenvalue weighted by molar-refractivity contribution is -0.174. The second-order valence-electron chi connectivity index (χ2n) is 17.2. The summed E-state index contributed by atoms with van der Waals surface area (Å²) in [6, 6.07) is 33.1. The summed E-state index contributed by atoms with van der Waals surface area (Å²) in [4.78, 5) is 0. The highest BCUT2D eigenvalue weighted by Gasteiger charge is 2.63. The predicted octanol–water partition coefficient (Wildman–Crippen LogP) is 10.5. The molecular weight excluding hydrogens is 1040 g/mol. The van der Waals surface area contributed by atoms with Gasteiger partial charge in [0.2, 0.25) is 0 Å². The first-order valence-electron chi connectivity index (χ1n) is 22.7. The molecule has 0 bridgehead atoms. The van der Waals surface area contributed by atoms with Crippen molar-refractivity contribution in [2.45, 2.75) is 103 Å². The molecule has 1 fully saturated rings. The molecule has 0 aromatic heterocycles. The van der Waals surface area contributed by atoms with Gasteiger partial charge in [-0.2, -0.15) is 0 Å². The fourth-order valence-electron chi connectivity index (χ4n) is 8.72. The minimum Gasteiger partial charge on any atom is -0.323 e. The molecule has 2 unspecified atom stereocenters. The van der Waals surface area contributed by atoms with E-state index >= 15 is 13.7 Å². The normalized spacial score (nSPS) is 28.1. The van der Waals surface area contributed by atoms with Crippen LogP contribution >= 0.6 is 39.1 Å². The van der Waals surface area contributed by atoms with Crippen LogP contribution in [-0.4, -0.2) is 36.6 Å². The van der Waals surface area contributed by atoms with Gasteiger partial charge in [0.15, 0.2) is 0 Å². The van der Waals surface area contributed by atoms with Gasteiger partial charge in [-0.25, -0.2) is 22.8 Å². The van der Waals surface area contributed by atoms with Crippen molar-refractivity contribution in [2.75, 3.05) is 0 Å². The van der Waals surface area contributed by atoms with Gasteiger partial charge in [-0.3, -0.25) is 67.9 Å². The number of phosphoric ester groups is 5. The highest BCUT2D eigenvalue weighted by Crippen LogP contribution is 2.65. The van der Waals surface area contributed by atoms with E-state index in [1.54, 1.807) is 121 Å². The summed E-state index contributed by atoms with van der Waals surface area (Å²) in [6.07, 6.45) is -10.4. The van der Waals surface area contributed by atoms with Crippen LogP contribution in [0.3, 0.4) is 0 Å². The molecule has 21 nitrogen and oxygen atoms in total. The average Bonchev–Trinajstić information content (AvgIpc) is 3.90. The Hall–Kier alpha value is -3.39. The van der Waals surface area contributed by atoms with E-state index in [-0.39, 0.29) is 66.1 Å². The smallest absolute Gasteiger partial charge is 0.323 e. The first-order valence-corrected chi connectivity index (χ1v) is 30.0. The molecule has 5 heterocycles. The van der Waals surface area contributed by atoms with Crippen LogP contribution in [0.4, 0.5) is 0 Å². The maximum absolute atomic E-state index is 15.2. The minimum atomic E-state index is -4.95. The van der Waals surface area contributed by atoms with Crippen LogP contribution in [0.15, 0.2) is 121 Å². The second kappa shape index (κ2) is 21.0. The summed E-state index contributed by atoms with van der Waals surface area (Å²) in [5.41, 5.74) is 13.3. The number of rotatable bonds is 10. The van der Waals surface area contributed by atoms with E-state index in [9.17, 15) is 9.13 Å². The standard InChI is InChI=1S/C46H48NO20P5/c47-41-42(63-68(48)53-21-31-11-1-2-12-32(31)22-54-68)44(65-70(50)57-25-35-15-5-6-16-36(35)26-58-70)46(67-72(52)61-29-39-19-9-10-20-40(39)30-62-72)45(66-71(51)59-27-37-17-7-8-18-38(37)28-60-71)43(41)64-69(49)55-23-33-13-3-4-14-34(33)24-56-69/h1-20,41-46H,21-30,47H2/t41?,42-,43-,44-,45+,46?/m0/s1. The molecule has 5 aromatic rings. The number of nitrogens with two attached hydrogens (primary N) is 1. The van der Waals surface area contributed by atoms with Crippen LogP contribution in [-0.2, 0) is 157 Å². The Kier molecular flexibility index (Phi) is 14.8. The first kappa shape index (κ1) is 50.8. The van der Waals surface area contributed by atoms with Gasteiger partial charge >= 0.3 is 39.1 Å². The van der Waals surface area contributed by atoms with Crippen LogP contribution in [0, 0.1) is 0 Å². The van der Waals surface area contributed by atoms with Gasteiger partial charge in [-0.15, -0.1) is 0 Å². The summed E-state index contributed by atoms with van der Waals surface area (Å²) in [7, 11) is -24.4. The van der Waals surface area contributed by atoms with E-state index in [4.69, 9.17) is 73.6 Å². The average molecular weight is 1090 g/mol. The van der Waals surface area contributed by atoms with Crippen LogP contribution in [0.1, 0.15) is 55.6 Å². The van der Waals surface area contributed by atoms with E-state index < -0.39 is 75.7 Å². The summed E-state index contributed by atoms with van der Waals surface area (Å²) < 4.78 is 166. The van der Waals surface area contributed by atoms with Crippen molar-refractivity contribution >= 4 is 39.1 Å². The number of hydrogen-bond acceptors (Lipinski definition) is 21. The number of phosphoric acid groups is 5. The highest BCUT2D eigenvalue weighted by molar-refractivity contribution is 7.49. The third kappa shape index (κ3) is 11.1. The monoisotopic (exact) mass is 1090 g/mol. The molecule has 1 aliphatic carbocycles. The maximum Gasteiger partial charge on any atom is 0.475 e. The second-order valence-corrected chi connectivity index (χ2v) is 25.3. The lowest BCUT2D eigenvalue weighted by Gasteiger charge is -2.49. The quantitative estimate of drug-likeness (QED) is 0.128. The Labute approximate surface area is 413 Å². The van der Waals surface area contributed by atoms with Crippen LogP contribution in [0.5, 0.6) is 0 Å². The van der Waals surface area contributed by atoms with Gasteiger partial charge < -0.3 is 5.73 Å². The lowest BCUT2D eigenvalue weighted by atomic mass is 9.84. The minimum absolute atomic E-state index is 0.273. The van der Waals surface area contributed by atoms with Crippen molar-refractivity contribution in [3.05, 3.63) is 177 Å². The molecule has 0 spiro atoms. The summed E-state index contributed by atoms with van der Waals surface area (Å²) in [5.74, 6) is 0. The third-order valence-corrected chi connectivity index (χ3v) is 19.6. The fraction of sp³-hybridized carbons (Fsp3) is 0.348. The first-order chi connectivity index (χ1) is 34.8. The molecular formula is C46H48NO20P5.